The summed E-state index contributed by atoms with van der Waals surface area (Å²) in [5, 5.41) is 3.14. The molecule has 0 bridgehead atoms. The molecular weight excluding hydrogens is 576 g/mol. The maximum absolute atomic E-state index is 13.1. The Balaban J connectivity index is 1.57. The molecule has 1 atom stereocenters. The van der Waals surface area contributed by atoms with Gasteiger partial charge in [0.1, 0.15) is 29.5 Å². The molecule has 248 valence electrons. The topological polar surface area (TPSA) is 77.8 Å². The predicted octanol–water partition coefficient (Wildman–Crippen LogP) is 8.33. The zero-order valence-electron chi connectivity index (χ0n) is 28.6. The van der Waals surface area contributed by atoms with E-state index in [4.69, 9.17) is 19.2 Å². The predicted molar refractivity (Wildman–Crippen MR) is 186 cm³/mol. The number of ether oxygens (including phenoxy) is 3. The zero-order chi connectivity index (χ0) is 32.9. The van der Waals surface area contributed by atoms with E-state index in [1.807, 2.05) is 75.4 Å². The quantitative estimate of drug-likeness (QED) is 0.119. The molecule has 46 heavy (non-hydrogen) atoms. The molecule has 0 saturated heterocycles. The van der Waals surface area contributed by atoms with E-state index in [2.05, 4.69) is 53.8 Å². The lowest BCUT2D eigenvalue weighted by molar-refractivity contribution is 0.0500. The summed E-state index contributed by atoms with van der Waals surface area (Å²) in [6, 6.07) is 23.9. The van der Waals surface area contributed by atoms with Crippen LogP contribution < -0.4 is 14.8 Å². The first-order valence-electron chi connectivity index (χ1n) is 16.8. The number of unbranched alkanes of at least 4 members (excludes halogenated alkanes) is 1. The van der Waals surface area contributed by atoms with Gasteiger partial charge in [-0.1, -0.05) is 69.7 Å². The summed E-state index contributed by atoms with van der Waals surface area (Å²) in [5.41, 5.74) is 3.44. The van der Waals surface area contributed by atoms with Gasteiger partial charge >= 0.3 is 6.09 Å². The molecule has 0 aliphatic rings. The summed E-state index contributed by atoms with van der Waals surface area (Å²) in [7, 11) is 0. The SMILES string of the molecule is CCCCn1c([C@@H](Cc2ccc(OCc3ccccc3)cc2)NC(=O)OC(C)(C)C)nc2cc(OCCCN(CC)CC)ccc21. The van der Waals surface area contributed by atoms with Gasteiger partial charge in [0.25, 0.3) is 0 Å². The third kappa shape index (κ3) is 10.5. The molecule has 0 aliphatic heterocycles. The van der Waals surface area contributed by atoms with E-state index < -0.39 is 17.7 Å². The Morgan fingerprint density at radius 2 is 1.61 bits per heavy atom. The molecular formula is C38H52N4O4. The number of amides is 1. The van der Waals surface area contributed by atoms with Crippen LogP contribution in [0.1, 0.15) is 83.8 Å². The number of fused-ring (bicyclic) bond motifs is 1. The third-order valence-corrected chi connectivity index (χ3v) is 7.88. The largest absolute Gasteiger partial charge is 0.493 e. The second-order valence-electron chi connectivity index (χ2n) is 12.7. The molecule has 1 heterocycles. The molecule has 0 radical (unpaired) electrons. The number of hydrogen-bond donors (Lipinski definition) is 1. The number of nitrogens with one attached hydrogen (secondary N) is 1. The molecule has 3 aromatic carbocycles. The Morgan fingerprint density at radius 1 is 0.891 bits per heavy atom. The highest BCUT2D eigenvalue weighted by molar-refractivity contribution is 5.78. The lowest BCUT2D eigenvalue weighted by Gasteiger charge is -2.24. The van der Waals surface area contributed by atoms with E-state index in [0.717, 1.165) is 84.9 Å². The highest BCUT2D eigenvalue weighted by atomic mass is 16.6. The van der Waals surface area contributed by atoms with Crippen LogP contribution in [0.4, 0.5) is 4.79 Å². The Bertz CT molecular complexity index is 1490. The Morgan fingerprint density at radius 3 is 2.28 bits per heavy atom. The first-order valence-corrected chi connectivity index (χ1v) is 16.8. The summed E-state index contributed by atoms with van der Waals surface area (Å²) in [6.07, 6.45) is 3.08. The van der Waals surface area contributed by atoms with E-state index in [0.29, 0.717) is 19.6 Å². The zero-order valence-corrected chi connectivity index (χ0v) is 28.6. The normalized spacial score (nSPS) is 12.3. The number of carbonyl (C=O) groups excluding carboxylic acids is 1. The van der Waals surface area contributed by atoms with Crippen molar-refractivity contribution in [3.05, 3.63) is 89.7 Å². The molecule has 0 fully saturated rings. The fourth-order valence-corrected chi connectivity index (χ4v) is 5.41. The Hall–Kier alpha value is -4.04. The van der Waals surface area contributed by atoms with Crippen molar-refractivity contribution in [2.24, 2.45) is 0 Å². The van der Waals surface area contributed by atoms with Gasteiger partial charge in [-0.05, 0) is 82.1 Å². The number of aromatic nitrogens is 2. The minimum atomic E-state index is -0.619. The van der Waals surface area contributed by atoms with Crippen LogP contribution in [0.15, 0.2) is 72.8 Å². The number of nitrogens with zero attached hydrogens (tertiary/aromatic N) is 3. The second-order valence-corrected chi connectivity index (χ2v) is 12.7. The smallest absolute Gasteiger partial charge is 0.408 e. The molecule has 0 unspecified atom stereocenters. The van der Waals surface area contributed by atoms with Crippen LogP contribution in [0.5, 0.6) is 11.5 Å². The van der Waals surface area contributed by atoms with Gasteiger partial charge < -0.3 is 29.0 Å². The highest BCUT2D eigenvalue weighted by Crippen LogP contribution is 2.28. The Labute approximate surface area is 275 Å². The summed E-state index contributed by atoms with van der Waals surface area (Å²) < 4.78 is 20.1. The van der Waals surface area contributed by atoms with Gasteiger partial charge in [-0.3, -0.25) is 0 Å². The second kappa shape index (κ2) is 17.0. The monoisotopic (exact) mass is 628 g/mol. The van der Waals surface area contributed by atoms with Gasteiger partial charge in [-0.2, -0.15) is 0 Å². The maximum atomic E-state index is 13.1. The number of alkyl carbamates (subject to hydrolysis) is 1. The van der Waals surface area contributed by atoms with Gasteiger partial charge in [0.15, 0.2) is 0 Å². The average Bonchev–Trinajstić information content (AvgIpc) is 3.40. The van der Waals surface area contributed by atoms with Crippen molar-refractivity contribution >= 4 is 17.1 Å². The molecule has 8 nitrogen and oxygen atoms in total. The average molecular weight is 629 g/mol. The highest BCUT2D eigenvalue weighted by Gasteiger charge is 2.26. The fraction of sp³-hybridized carbons (Fsp3) is 0.474. The van der Waals surface area contributed by atoms with Crippen molar-refractivity contribution in [3.63, 3.8) is 0 Å². The van der Waals surface area contributed by atoms with Crippen LogP contribution >= 0.6 is 0 Å². The molecule has 1 aromatic heterocycles. The standard InChI is InChI=1S/C38H52N4O4/c1-7-10-24-42-35-22-21-32(44-25-14-23-41(8-2)9-3)27-33(35)39-36(42)34(40-37(43)46-38(4,5)6)26-29-17-19-31(20-18-29)45-28-30-15-12-11-13-16-30/h11-13,15-22,27,34H,7-10,14,23-26,28H2,1-6H3,(H,40,43)/t34-/m1/s1. The molecule has 4 rings (SSSR count). The molecule has 1 amide bonds. The fourth-order valence-electron chi connectivity index (χ4n) is 5.41. The number of hydrogen-bond acceptors (Lipinski definition) is 6. The van der Waals surface area contributed by atoms with Crippen LogP contribution in [0.25, 0.3) is 11.0 Å². The molecule has 8 heteroatoms. The lowest BCUT2D eigenvalue weighted by Crippen LogP contribution is -2.37. The van der Waals surface area contributed by atoms with Crippen LogP contribution in [-0.4, -0.2) is 52.4 Å². The number of carbonyl (C=O) groups is 1. The van der Waals surface area contributed by atoms with Gasteiger partial charge in [-0.25, -0.2) is 9.78 Å². The minimum absolute atomic E-state index is 0.409. The molecule has 0 saturated carbocycles. The van der Waals surface area contributed by atoms with Crippen molar-refractivity contribution in [3.8, 4) is 11.5 Å². The summed E-state index contributed by atoms with van der Waals surface area (Å²) in [5.74, 6) is 2.41. The first kappa shape index (κ1) is 34.8. The van der Waals surface area contributed by atoms with Crippen LogP contribution in [-0.2, 0) is 24.3 Å². The third-order valence-electron chi connectivity index (χ3n) is 7.88. The maximum Gasteiger partial charge on any atom is 0.408 e. The van der Waals surface area contributed by atoms with Crippen molar-refractivity contribution < 1.29 is 19.0 Å². The van der Waals surface area contributed by atoms with Crippen LogP contribution in [0.2, 0.25) is 0 Å². The van der Waals surface area contributed by atoms with Gasteiger partial charge in [0.05, 0.1) is 23.7 Å². The molecule has 0 spiro atoms. The number of benzene rings is 3. The van der Waals surface area contributed by atoms with Crippen molar-refractivity contribution in [2.75, 3.05) is 26.2 Å². The van der Waals surface area contributed by atoms with Gasteiger partial charge in [0.2, 0.25) is 0 Å². The van der Waals surface area contributed by atoms with Crippen LogP contribution in [0, 0.1) is 0 Å². The number of rotatable bonds is 17. The molecule has 0 aliphatic carbocycles. The summed E-state index contributed by atoms with van der Waals surface area (Å²) >= 11 is 0. The van der Waals surface area contributed by atoms with E-state index in [9.17, 15) is 4.79 Å². The summed E-state index contributed by atoms with van der Waals surface area (Å²) in [4.78, 5) is 20.6. The van der Waals surface area contributed by atoms with Gasteiger partial charge in [0, 0.05) is 25.6 Å². The molecule has 1 N–H and O–H groups in total. The van der Waals surface area contributed by atoms with Crippen molar-refractivity contribution in [2.45, 2.75) is 92.0 Å². The van der Waals surface area contributed by atoms with Crippen molar-refractivity contribution in [1.29, 1.82) is 0 Å². The van der Waals surface area contributed by atoms with E-state index in [1.165, 1.54) is 0 Å². The minimum Gasteiger partial charge on any atom is -0.493 e. The first-order chi connectivity index (χ1) is 22.2. The Kier molecular flexibility index (Phi) is 12.9. The summed E-state index contributed by atoms with van der Waals surface area (Å²) in [6.45, 7) is 17.2. The lowest BCUT2D eigenvalue weighted by atomic mass is 10.0. The van der Waals surface area contributed by atoms with Crippen molar-refractivity contribution in [1.82, 2.24) is 19.8 Å². The van der Waals surface area contributed by atoms with Crippen LogP contribution in [0.3, 0.4) is 0 Å². The molecule has 4 aromatic rings. The number of aryl methyl sites for hydroxylation is 1. The number of imidazole rings is 1. The van der Waals surface area contributed by atoms with E-state index in [-0.39, 0.29) is 0 Å². The van der Waals surface area contributed by atoms with Gasteiger partial charge in [-0.15, -0.1) is 0 Å². The van der Waals surface area contributed by atoms with E-state index >= 15 is 0 Å². The van der Waals surface area contributed by atoms with E-state index in [1.54, 1.807) is 0 Å².